The van der Waals surface area contributed by atoms with Gasteiger partial charge < -0.3 is 9.32 Å². The van der Waals surface area contributed by atoms with Crippen molar-refractivity contribution in [3.8, 4) is 0 Å². The molecular formula is C14H25N3O. The maximum Gasteiger partial charge on any atom is 0.216 e. The van der Waals surface area contributed by atoms with Gasteiger partial charge in [-0.15, -0.1) is 10.2 Å². The zero-order valence-corrected chi connectivity index (χ0v) is 11.9. The summed E-state index contributed by atoms with van der Waals surface area (Å²) in [5.74, 6) is 2.28. The molecule has 0 spiro atoms. The van der Waals surface area contributed by atoms with E-state index in [0.717, 1.165) is 37.2 Å². The smallest absolute Gasteiger partial charge is 0.216 e. The Morgan fingerprint density at radius 3 is 2.72 bits per heavy atom. The molecule has 0 amide bonds. The summed E-state index contributed by atoms with van der Waals surface area (Å²) in [7, 11) is 2.26. The second-order valence-corrected chi connectivity index (χ2v) is 5.63. The molecule has 18 heavy (non-hydrogen) atoms. The van der Waals surface area contributed by atoms with E-state index in [1.165, 1.54) is 25.7 Å². The van der Waals surface area contributed by atoms with Crippen LogP contribution in [0, 0.1) is 12.8 Å². The average Bonchev–Trinajstić information content (AvgIpc) is 2.75. The summed E-state index contributed by atoms with van der Waals surface area (Å²) in [6.07, 6.45) is 7.54. The molecule has 102 valence electrons. The fourth-order valence-corrected chi connectivity index (χ4v) is 3.04. The molecule has 1 aliphatic rings. The Morgan fingerprint density at radius 1 is 1.28 bits per heavy atom. The molecule has 0 N–H and O–H groups in total. The molecule has 1 aliphatic carbocycles. The lowest BCUT2D eigenvalue weighted by atomic mass is 9.85. The van der Waals surface area contributed by atoms with Gasteiger partial charge in [0.1, 0.15) is 0 Å². The van der Waals surface area contributed by atoms with Crippen LogP contribution in [0.3, 0.4) is 0 Å². The fraction of sp³-hybridized carbons (Fsp3) is 0.857. The van der Waals surface area contributed by atoms with E-state index >= 15 is 0 Å². The van der Waals surface area contributed by atoms with E-state index in [1.54, 1.807) is 0 Å². The number of nitrogens with zero attached hydrogens (tertiary/aromatic N) is 3. The summed E-state index contributed by atoms with van der Waals surface area (Å²) in [6, 6.07) is 0.767. The standard InChI is InChI=1S/C14H25N3O/c1-11-7-4-5-8-13(11)17(3)10-6-9-14-16-15-12(2)18-14/h11,13H,4-10H2,1-3H3/t11-,13+/m0/s1. The molecule has 4 nitrogen and oxygen atoms in total. The van der Waals surface area contributed by atoms with Gasteiger partial charge in [0.15, 0.2) is 0 Å². The van der Waals surface area contributed by atoms with Crippen molar-refractivity contribution in [3.05, 3.63) is 11.8 Å². The van der Waals surface area contributed by atoms with Gasteiger partial charge in [0.05, 0.1) is 0 Å². The van der Waals surface area contributed by atoms with Crippen molar-refractivity contribution in [2.75, 3.05) is 13.6 Å². The van der Waals surface area contributed by atoms with Gasteiger partial charge in [-0.1, -0.05) is 19.8 Å². The first-order valence-corrected chi connectivity index (χ1v) is 7.16. The van der Waals surface area contributed by atoms with Crippen LogP contribution in [-0.2, 0) is 6.42 Å². The number of aromatic nitrogens is 2. The molecule has 1 aromatic rings. The minimum Gasteiger partial charge on any atom is -0.426 e. The highest BCUT2D eigenvalue weighted by molar-refractivity contribution is 4.82. The highest BCUT2D eigenvalue weighted by Crippen LogP contribution is 2.27. The molecule has 0 aromatic carbocycles. The predicted molar refractivity (Wildman–Crippen MR) is 71.4 cm³/mol. The van der Waals surface area contributed by atoms with Gasteiger partial charge in [-0.25, -0.2) is 0 Å². The van der Waals surface area contributed by atoms with E-state index in [9.17, 15) is 0 Å². The maximum atomic E-state index is 5.39. The quantitative estimate of drug-likeness (QED) is 0.807. The maximum absolute atomic E-state index is 5.39. The molecule has 2 atom stereocenters. The van der Waals surface area contributed by atoms with Gasteiger partial charge in [-0.3, -0.25) is 0 Å². The minimum atomic E-state index is 0.666. The molecule has 1 saturated carbocycles. The number of aryl methyl sites for hydroxylation is 2. The third-order valence-corrected chi connectivity index (χ3v) is 4.10. The monoisotopic (exact) mass is 251 g/mol. The van der Waals surface area contributed by atoms with Crippen LogP contribution in [0.2, 0.25) is 0 Å². The first-order valence-electron chi connectivity index (χ1n) is 7.16. The van der Waals surface area contributed by atoms with Crippen molar-refractivity contribution in [1.82, 2.24) is 15.1 Å². The Kier molecular flexibility index (Phi) is 4.75. The molecule has 0 unspecified atom stereocenters. The van der Waals surface area contributed by atoms with Crippen molar-refractivity contribution in [2.24, 2.45) is 5.92 Å². The molecular weight excluding hydrogens is 226 g/mol. The predicted octanol–water partition coefficient (Wildman–Crippen LogP) is 2.82. The van der Waals surface area contributed by atoms with Crippen molar-refractivity contribution < 1.29 is 4.42 Å². The van der Waals surface area contributed by atoms with Gasteiger partial charge in [-0.2, -0.15) is 0 Å². The lowest BCUT2D eigenvalue weighted by Crippen LogP contribution is -2.39. The van der Waals surface area contributed by atoms with Gasteiger partial charge >= 0.3 is 0 Å². The summed E-state index contributed by atoms with van der Waals surface area (Å²) >= 11 is 0. The van der Waals surface area contributed by atoms with Crippen molar-refractivity contribution in [2.45, 2.75) is 58.4 Å². The molecule has 1 heterocycles. The molecule has 4 heteroatoms. The second-order valence-electron chi connectivity index (χ2n) is 5.63. The van der Waals surface area contributed by atoms with Crippen LogP contribution in [0.5, 0.6) is 0 Å². The summed E-state index contributed by atoms with van der Waals surface area (Å²) < 4.78 is 5.39. The van der Waals surface area contributed by atoms with Crippen molar-refractivity contribution >= 4 is 0 Å². The highest BCUT2D eigenvalue weighted by atomic mass is 16.4. The third-order valence-electron chi connectivity index (χ3n) is 4.10. The Hall–Kier alpha value is -0.900. The van der Waals surface area contributed by atoms with Crippen LogP contribution in [0.4, 0.5) is 0 Å². The zero-order valence-electron chi connectivity index (χ0n) is 11.9. The minimum absolute atomic E-state index is 0.666. The first-order chi connectivity index (χ1) is 8.66. The summed E-state index contributed by atoms with van der Waals surface area (Å²) in [4.78, 5) is 2.52. The molecule has 0 radical (unpaired) electrons. The Balaban J connectivity index is 1.72. The van der Waals surface area contributed by atoms with E-state index in [2.05, 4.69) is 29.1 Å². The van der Waals surface area contributed by atoms with E-state index < -0.39 is 0 Å². The number of rotatable bonds is 5. The molecule has 0 bridgehead atoms. The SMILES string of the molecule is Cc1nnc(CCCN(C)[C@@H]2CCCC[C@@H]2C)o1. The topological polar surface area (TPSA) is 42.2 Å². The average molecular weight is 251 g/mol. The Morgan fingerprint density at radius 2 is 2.06 bits per heavy atom. The molecule has 0 saturated heterocycles. The van der Waals surface area contributed by atoms with E-state index in [0.29, 0.717) is 5.89 Å². The van der Waals surface area contributed by atoms with Crippen molar-refractivity contribution in [1.29, 1.82) is 0 Å². The van der Waals surface area contributed by atoms with Gasteiger partial charge in [0, 0.05) is 19.4 Å². The lowest BCUT2D eigenvalue weighted by molar-refractivity contribution is 0.138. The lowest BCUT2D eigenvalue weighted by Gasteiger charge is -2.36. The van der Waals surface area contributed by atoms with Gasteiger partial charge in [0.2, 0.25) is 11.8 Å². The summed E-state index contributed by atoms with van der Waals surface area (Å²) in [6.45, 7) is 5.35. The van der Waals surface area contributed by atoms with Gasteiger partial charge in [0.25, 0.3) is 0 Å². The summed E-state index contributed by atoms with van der Waals surface area (Å²) in [5, 5.41) is 7.89. The molecule has 2 rings (SSSR count). The van der Waals surface area contributed by atoms with Crippen LogP contribution < -0.4 is 0 Å². The van der Waals surface area contributed by atoms with Crippen LogP contribution in [-0.4, -0.2) is 34.7 Å². The first kappa shape index (κ1) is 13.5. The van der Waals surface area contributed by atoms with Crippen LogP contribution >= 0.6 is 0 Å². The molecule has 1 aromatic heterocycles. The fourth-order valence-electron chi connectivity index (χ4n) is 3.04. The van der Waals surface area contributed by atoms with Crippen LogP contribution in [0.15, 0.2) is 4.42 Å². The Labute approximate surface area is 110 Å². The normalized spacial score (nSPS) is 24.7. The van der Waals surface area contributed by atoms with Crippen molar-refractivity contribution in [3.63, 3.8) is 0 Å². The highest BCUT2D eigenvalue weighted by Gasteiger charge is 2.24. The third kappa shape index (κ3) is 3.55. The van der Waals surface area contributed by atoms with Crippen LogP contribution in [0.1, 0.15) is 50.8 Å². The van der Waals surface area contributed by atoms with E-state index in [4.69, 9.17) is 4.42 Å². The second kappa shape index (κ2) is 6.32. The Bertz CT molecular complexity index is 364. The van der Waals surface area contributed by atoms with Crippen LogP contribution in [0.25, 0.3) is 0 Å². The largest absolute Gasteiger partial charge is 0.426 e. The molecule has 1 fully saturated rings. The van der Waals surface area contributed by atoms with Gasteiger partial charge in [-0.05, 0) is 38.8 Å². The number of hydrogen-bond acceptors (Lipinski definition) is 4. The molecule has 0 aliphatic heterocycles. The van der Waals surface area contributed by atoms with E-state index in [1.807, 2.05) is 6.92 Å². The number of hydrogen-bond donors (Lipinski definition) is 0. The zero-order chi connectivity index (χ0) is 13.0. The summed E-state index contributed by atoms with van der Waals surface area (Å²) in [5.41, 5.74) is 0. The van der Waals surface area contributed by atoms with E-state index in [-0.39, 0.29) is 0 Å².